The summed E-state index contributed by atoms with van der Waals surface area (Å²) in [5.74, 6) is 0.364. The predicted octanol–water partition coefficient (Wildman–Crippen LogP) is 3.49. The molecule has 0 aliphatic heterocycles. The van der Waals surface area contributed by atoms with Crippen LogP contribution in [0.1, 0.15) is 44.6 Å². The highest BCUT2D eigenvalue weighted by molar-refractivity contribution is 5.26. The van der Waals surface area contributed by atoms with E-state index in [4.69, 9.17) is 0 Å². The molecule has 0 amide bonds. The fourth-order valence-electron chi connectivity index (χ4n) is 3.15. The predicted molar refractivity (Wildman–Crippen MR) is 75.9 cm³/mol. The maximum atomic E-state index is 9.36. The first-order chi connectivity index (χ1) is 8.74. The molecule has 0 atom stereocenters. The minimum atomic E-state index is 0.364. The van der Waals surface area contributed by atoms with Gasteiger partial charge in [-0.25, -0.2) is 0 Å². The summed E-state index contributed by atoms with van der Waals surface area (Å²) < 4.78 is 0. The average Bonchev–Trinajstić information content (AvgIpc) is 2.40. The Labute approximate surface area is 110 Å². The zero-order chi connectivity index (χ0) is 12.8. The molecule has 1 aromatic carbocycles. The van der Waals surface area contributed by atoms with Gasteiger partial charge in [0.15, 0.2) is 0 Å². The molecule has 0 saturated heterocycles. The molecular weight excluding hydrogens is 222 g/mol. The van der Waals surface area contributed by atoms with E-state index >= 15 is 0 Å². The molecule has 0 bridgehead atoms. The molecule has 2 nitrogen and oxygen atoms in total. The molecule has 0 aromatic heterocycles. The first-order valence-corrected chi connectivity index (χ1v) is 7.23. The molecule has 2 N–H and O–H groups in total. The quantitative estimate of drug-likeness (QED) is 0.834. The Kier molecular flexibility index (Phi) is 4.65. The lowest BCUT2D eigenvalue weighted by Crippen LogP contribution is -2.37. The number of hydrogen-bond donors (Lipinski definition) is 2. The molecule has 0 heterocycles. The Hall–Kier alpha value is -1.02. The smallest absolute Gasteiger partial charge is 0.115 e. The summed E-state index contributed by atoms with van der Waals surface area (Å²) in [7, 11) is 0. The van der Waals surface area contributed by atoms with Crippen molar-refractivity contribution >= 4 is 0 Å². The highest BCUT2D eigenvalue weighted by atomic mass is 16.3. The van der Waals surface area contributed by atoms with Crippen LogP contribution in [0.2, 0.25) is 0 Å². The van der Waals surface area contributed by atoms with Gasteiger partial charge in [-0.05, 0) is 48.9 Å². The van der Waals surface area contributed by atoms with E-state index in [-0.39, 0.29) is 0 Å². The topological polar surface area (TPSA) is 32.3 Å². The zero-order valence-corrected chi connectivity index (χ0v) is 11.4. The molecule has 1 fully saturated rings. The van der Waals surface area contributed by atoms with Gasteiger partial charge in [-0.2, -0.15) is 0 Å². The summed E-state index contributed by atoms with van der Waals surface area (Å²) in [5, 5.41) is 12.9. The zero-order valence-electron chi connectivity index (χ0n) is 11.4. The van der Waals surface area contributed by atoms with Crippen LogP contribution in [0.25, 0.3) is 0 Å². The van der Waals surface area contributed by atoms with Gasteiger partial charge in [0.25, 0.3) is 0 Å². The van der Waals surface area contributed by atoms with Crippen molar-refractivity contribution in [1.82, 2.24) is 5.32 Å². The summed E-state index contributed by atoms with van der Waals surface area (Å²) >= 11 is 0. The van der Waals surface area contributed by atoms with Crippen LogP contribution < -0.4 is 5.32 Å². The summed E-state index contributed by atoms with van der Waals surface area (Å²) in [6.07, 6.45) is 7.93. The van der Waals surface area contributed by atoms with Gasteiger partial charge in [0.1, 0.15) is 5.75 Å². The molecular formula is C16H25NO. The second-order valence-corrected chi connectivity index (χ2v) is 5.68. The Morgan fingerprint density at radius 3 is 2.39 bits per heavy atom. The van der Waals surface area contributed by atoms with Gasteiger partial charge in [-0.3, -0.25) is 0 Å². The third kappa shape index (κ3) is 3.49. The lowest BCUT2D eigenvalue weighted by molar-refractivity contribution is 0.182. The van der Waals surface area contributed by atoms with Gasteiger partial charge >= 0.3 is 0 Å². The van der Waals surface area contributed by atoms with Crippen molar-refractivity contribution in [3.05, 3.63) is 29.8 Å². The van der Waals surface area contributed by atoms with E-state index < -0.39 is 0 Å². The number of rotatable bonds is 5. The minimum Gasteiger partial charge on any atom is -0.508 e. The van der Waals surface area contributed by atoms with Crippen molar-refractivity contribution in [1.29, 1.82) is 0 Å². The lowest BCUT2D eigenvalue weighted by atomic mass is 9.70. The summed E-state index contributed by atoms with van der Waals surface area (Å²) in [5.41, 5.74) is 1.79. The average molecular weight is 247 g/mol. The summed E-state index contributed by atoms with van der Waals surface area (Å²) in [6, 6.07) is 7.74. The Bertz CT molecular complexity index is 352. The second-order valence-electron chi connectivity index (χ2n) is 5.68. The molecule has 1 aliphatic rings. The summed E-state index contributed by atoms with van der Waals surface area (Å²) in [4.78, 5) is 0. The molecule has 100 valence electrons. The molecule has 1 aliphatic carbocycles. The van der Waals surface area contributed by atoms with Gasteiger partial charge in [0, 0.05) is 6.54 Å². The summed E-state index contributed by atoms with van der Waals surface area (Å²) in [6.45, 7) is 4.36. The van der Waals surface area contributed by atoms with Crippen LogP contribution >= 0.6 is 0 Å². The highest BCUT2D eigenvalue weighted by Crippen LogP contribution is 2.38. The molecule has 2 rings (SSSR count). The van der Waals surface area contributed by atoms with Gasteiger partial charge in [0.2, 0.25) is 0 Å². The lowest BCUT2D eigenvalue weighted by Gasteiger charge is -2.38. The third-order valence-electron chi connectivity index (χ3n) is 4.18. The number of nitrogens with one attached hydrogen (secondary N) is 1. The first-order valence-electron chi connectivity index (χ1n) is 7.23. The van der Waals surface area contributed by atoms with Crippen molar-refractivity contribution < 1.29 is 5.11 Å². The van der Waals surface area contributed by atoms with E-state index in [1.54, 1.807) is 12.1 Å². The number of hydrogen-bond acceptors (Lipinski definition) is 2. The van der Waals surface area contributed by atoms with Crippen molar-refractivity contribution in [3.63, 3.8) is 0 Å². The molecule has 0 radical (unpaired) electrons. The second kappa shape index (κ2) is 6.24. The standard InChI is InChI=1S/C16H25NO/c1-2-17-13-16(10-4-3-5-11-16)12-14-6-8-15(18)9-7-14/h6-9,17-18H,2-5,10-13H2,1H3. The normalized spacial score (nSPS) is 18.7. The number of aromatic hydroxyl groups is 1. The van der Waals surface area contributed by atoms with E-state index in [1.807, 2.05) is 0 Å². The maximum absolute atomic E-state index is 9.36. The fraction of sp³-hybridized carbons (Fsp3) is 0.625. The Morgan fingerprint density at radius 2 is 1.78 bits per heavy atom. The number of phenols is 1. The minimum absolute atomic E-state index is 0.364. The number of phenolic OH excluding ortho intramolecular Hbond substituents is 1. The SMILES string of the molecule is CCNCC1(Cc2ccc(O)cc2)CCCCC1. The van der Waals surface area contributed by atoms with Crippen LogP contribution in [0.5, 0.6) is 5.75 Å². The molecule has 18 heavy (non-hydrogen) atoms. The van der Waals surface area contributed by atoms with Gasteiger partial charge in [-0.15, -0.1) is 0 Å². The van der Waals surface area contributed by atoms with Crippen LogP contribution in [0.3, 0.4) is 0 Å². The Balaban J connectivity index is 2.06. The fourth-order valence-corrected chi connectivity index (χ4v) is 3.15. The monoisotopic (exact) mass is 247 g/mol. The maximum Gasteiger partial charge on any atom is 0.115 e. The van der Waals surface area contributed by atoms with Crippen molar-refractivity contribution in [2.75, 3.05) is 13.1 Å². The Morgan fingerprint density at radius 1 is 1.11 bits per heavy atom. The van der Waals surface area contributed by atoms with Crippen molar-refractivity contribution in [2.24, 2.45) is 5.41 Å². The van der Waals surface area contributed by atoms with Crippen LogP contribution in [-0.2, 0) is 6.42 Å². The molecule has 1 aromatic rings. The molecule has 1 saturated carbocycles. The van der Waals surface area contributed by atoms with Crippen molar-refractivity contribution in [3.8, 4) is 5.75 Å². The van der Waals surface area contributed by atoms with Gasteiger partial charge in [-0.1, -0.05) is 38.3 Å². The largest absolute Gasteiger partial charge is 0.508 e. The molecule has 2 heteroatoms. The highest BCUT2D eigenvalue weighted by Gasteiger charge is 2.31. The molecule has 0 unspecified atom stereocenters. The van der Waals surface area contributed by atoms with Gasteiger partial charge < -0.3 is 10.4 Å². The van der Waals surface area contributed by atoms with Crippen LogP contribution in [0.4, 0.5) is 0 Å². The van der Waals surface area contributed by atoms with Crippen LogP contribution in [-0.4, -0.2) is 18.2 Å². The molecule has 0 spiro atoms. The van der Waals surface area contributed by atoms with E-state index in [2.05, 4.69) is 24.4 Å². The van der Waals surface area contributed by atoms with E-state index in [0.29, 0.717) is 11.2 Å². The van der Waals surface area contributed by atoms with E-state index in [1.165, 1.54) is 37.7 Å². The van der Waals surface area contributed by atoms with Crippen LogP contribution in [0, 0.1) is 5.41 Å². The van der Waals surface area contributed by atoms with Gasteiger partial charge in [0.05, 0.1) is 0 Å². The van der Waals surface area contributed by atoms with Crippen molar-refractivity contribution in [2.45, 2.75) is 45.4 Å². The third-order valence-corrected chi connectivity index (χ3v) is 4.18. The number of benzene rings is 1. The first kappa shape index (κ1) is 13.4. The van der Waals surface area contributed by atoms with E-state index in [0.717, 1.165) is 19.5 Å². The van der Waals surface area contributed by atoms with Crippen LogP contribution in [0.15, 0.2) is 24.3 Å². The van der Waals surface area contributed by atoms with E-state index in [9.17, 15) is 5.11 Å².